The van der Waals surface area contributed by atoms with Crippen LogP contribution in [0.25, 0.3) is 0 Å². The van der Waals surface area contributed by atoms with E-state index in [1.807, 2.05) is 37.0 Å². The minimum atomic E-state index is 0.0173. The first kappa shape index (κ1) is 15.4. The second-order valence-corrected chi connectivity index (χ2v) is 4.87. The van der Waals surface area contributed by atoms with E-state index in [2.05, 4.69) is 23.4 Å². The highest BCUT2D eigenvalue weighted by molar-refractivity contribution is 5.45. The van der Waals surface area contributed by atoms with E-state index in [0.29, 0.717) is 0 Å². The predicted octanol–water partition coefficient (Wildman–Crippen LogP) is 2.31. The van der Waals surface area contributed by atoms with Crippen LogP contribution in [0.1, 0.15) is 29.9 Å². The molecule has 0 spiro atoms. The van der Waals surface area contributed by atoms with Crippen molar-refractivity contribution in [2.24, 2.45) is 7.05 Å². The van der Waals surface area contributed by atoms with Gasteiger partial charge in [-0.25, -0.2) is 0 Å². The van der Waals surface area contributed by atoms with Gasteiger partial charge in [-0.1, -0.05) is 6.92 Å². The van der Waals surface area contributed by atoms with E-state index in [1.165, 1.54) is 0 Å². The lowest BCUT2D eigenvalue weighted by atomic mass is 10.0. The summed E-state index contributed by atoms with van der Waals surface area (Å²) in [6.45, 7) is 2.11. The summed E-state index contributed by atoms with van der Waals surface area (Å²) < 4.78 is 12.7. The molecule has 2 aromatic rings. The van der Waals surface area contributed by atoms with Gasteiger partial charge in [0.05, 0.1) is 31.6 Å². The molecule has 114 valence electrons. The van der Waals surface area contributed by atoms with Crippen molar-refractivity contribution in [2.45, 2.75) is 19.4 Å². The van der Waals surface area contributed by atoms with Crippen LogP contribution >= 0.6 is 0 Å². The largest absolute Gasteiger partial charge is 0.497 e. The highest BCUT2D eigenvalue weighted by Gasteiger charge is 2.21. The van der Waals surface area contributed by atoms with E-state index in [-0.39, 0.29) is 6.04 Å². The van der Waals surface area contributed by atoms with Crippen molar-refractivity contribution in [3.8, 4) is 11.5 Å². The van der Waals surface area contributed by atoms with Crippen LogP contribution in [0.15, 0.2) is 24.3 Å². The van der Waals surface area contributed by atoms with Gasteiger partial charge in [0.15, 0.2) is 0 Å². The smallest absolute Gasteiger partial charge is 0.127 e. The number of ether oxygens (including phenoxy) is 2. The average molecular weight is 289 g/mol. The van der Waals surface area contributed by atoms with Crippen LogP contribution in [0.3, 0.4) is 0 Å². The van der Waals surface area contributed by atoms with Gasteiger partial charge in [-0.3, -0.25) is 4.68 Å². The van der Waals surface area contributed by atoms with Crippen LogP contribution in [0.2, 0.25) is 0 Å². The Morgan fingerprint density at radius 1 is 1.24 bits per heavy atom. The highest BCUT2D eigenvalue weighted by Crippen LogP contribution is 2.33. The van der Waals surface area contributed by atoms with E-state index < -0.39 is 0 Å². The lowest BCUT2D eigenvalue weighted by Gasteiger charge is -2.20. The van der Waals surface area contributed by atoms with Gasteiger partial charge in [-0.15, -0.1) is 0 Å². The fourth-order valence-corrected chi connectivity index (χ4v) is 2.51. The molecular formula is C16H23N3O2. The van der Waals surface area contributed by atoms with Crippen molar-refractivity contribution < 1.29 is 9.47 Å². The number of aryl methyl sites for hydroxylation is 2. The van der Waals surface area contributed by atoms with Crippen LogP contribution in [-0.4, -0.2) is 31.0 Å². The molecule has 1 atom stereocenters. The van der Waals surface area contributed by atoms with E-state index in [0.717, 1.165) is 34.9 Å². The average Bonchev–Trinajstić information content (AvgIpc) is 2.89. The molecule has 1 N–H and O–H groups in total. The number of hydrogen-bond acceptors (Lipinski definition) is 4. The molecule has 0 aliphatic carbocycles. The molecule has 0 saturated heterocycles. The van der Waals surface area contributed by atoms with Crippen LogP contribution in [0.4, 0.5) is 0 Å². The summed E-state index contributed by atoms with van der Waals surface area (Å²) in [5, 5.41) is 7.87. The van der Waals surface area contributed by atoms with Crippen molar-refractivity contribution in [2.75, 3.05) is 21.3 Å². The standard InChI is InChI=1S/C16H23N3O2/c1-6-11-9-14(19(3)18-11)16(17-2)13-8-7-12(20-4)10-15(13)21-5/h7-10,16-17H,6H2,1-5H3. The van der Waals surface area contributed by atoms with Gasteiger partial charge in [0, 0.05) is 18.7 Å². The van der Waals surface area contributed by atoms with Crippen molar-refractivity contribution in [1.82, 2.24) is 15.1 Å². The summed E-state index contributed by atoms with van der Waals surface area (Å²) in [5.41, 5.74) is 3.25. The summed E-state index contributed by atoms with van der Waals surface area (Å²) in [4.78, 5) is 0. The van der Waals surface area contributed by atoms with Gasteiger partial charge in [0.1, 0.15) is 11.5 Å². The van der Waals surface area contributed by atoms with Gasteiger partial charge in [-0.05, 0) is 31.7 Å². The van der Waals surface area contributed by atoms with E-state index in [1.54, 1.807) is 14.2 Å². The second-order valence-electron chi connectivity index (χ2n) is 4.87. The Kier molecular flexibility index (Phi) is 4.85. The zero-order chi connectivity index (χ0) is 15.4. The Labute approximate surface area is 125 Å². The Bertz CT molecular complexity index is 608. The number of aromatic nitrogens is 2. The van der Waals surface area contributed by atoms with E-state index >= 15 is 0 Å². The molecule has 0 aliphatic heterocycles. The van der Waals surface area contributed by atoms with Crippen molar-refractivity contribution >= 4 is 0 Å². The Balaban J connectivity index is 2.47. The van der Waals surface area contributed by atoms with Crippen molar-refractivity contribution in [1.29, 1.82) is 0 Å². The number of nitrogens with one attached hydrogen (secondary N) is 1. The SMILES string of the molecule is CCc1cc(C(NC)c2ccc(OC)cc2OC)n(C)n1. The lowest BCUT2D eigenvalue weighted by molar-refractivity contribution is 0.387. The van der Waals surface area contributed by atoms with Gasteiger partial charge >= 0.3 is 0 Å². The fraction of sp³-hybridized carbons (Fsp3) is 0.438. The second kappa shape index (κ2) is 6.63. The van der Waals surface area contributed by atoms with Crippen LogP contribution in [0, 0.1) is 0 Å². The molecule has 0 amide bonds. The van der Waals surface area contributed by atoms with Crippen LogP contribution in [-0.2, 0) is 13.5 Å². The van der Waals surface area contributed by atoms with Gasteiger partial charge in [-0.2, -0.15) is 5.10 Å². The van der Waals surface area contributed by atoms with Crippen LogP contribution < -0.4 is 14.8 Å². The monoisotopic (exact) mass is 289 g/mol. The number of nitrogens with zero attached hydrogens (tertiary/aromatic N) is 2. The molecule has 2 rings (SSSR count). The van der Waals surface area contributed by atoms with E-state index in [4.69, 9.17) is 9.47 Å². The summed E-state index contributed by atoms with van der Waals surface area (Å²) >= 11 is 0. The fourth-order valence-electron chi connectivity index (χ4n) is 2.51. The first-order valence-corrected chi connectivity index (χ1v) is 7.06. The molecule has 0 saturated carbocycles. The van der Waals surface area contributed by atoms with E-state index in [9.17, 15) is 0 Å². The third-order valence-electron chi connectivity index (χ3n) is 3.66. The molecule has 0 fully saturated rings. The summed E-state index contributed by atoms with van der Waals surface area (Å²) in [6.07, 6.45) is 0.921. The quantitative estimate of drug-likeness (QED) is 0.886. The predicted molar refractivity (Wildman–Crippen MR) is 83.0 cm³/mol. The molecule has 5 nitrogen and oxygen atoms in total. The number of hydrogen-bond donors (Lipinski definition) is 1. The summed E-state index contributed by atoms with van der Waals surface area (Å²) in [5.74, 6) is 1.58. The lowest BCUT2D eigenvalue weighted by Crippen LogP contribution is -2.21. The molecule has 1 aromatic heterocycles. The minimum absolute atomic E-state index is 0.0173. The first-order valence-electron chi connectivity index (χ1n) is 7.06. The number of rotatable bonds is 6. The number of methoxy groups -OCH3 is 2. The van der Waals surface area contributed by atoms with Crippen molar-refractivity contribution in [3.05, 3.63) is 41.2 Å². The third kappa shape index (κ3) is 3.03. The maximum Gasteiger partial charge on any atom is 0.127 e. The number of benzene rings is 1. The summed E-state index contributed by atoms with van der Waals surface area (Å²) in [6, 6.07) is 8.02. The third-order valence-corrected chi connectivity index (χ3v) is 3.66. The maximum absolute atomic E-state index is 5.52. The van der Waals surface area contributed by atoms with Gasteiger partial charge in [0.25, 0.3) is 0 Å². The molecule has 21 heavy (non-hydrogen) atoms. The molecule has 1 heterocycles. The molecular weight excluding hydrogens is 266 g/mol. The first-order chi connectivity index (χ1) is 10.1. The molecule has 5 heteroatoms. The molecule has 0 aliphatic rings. The summed E-state index contributed by atoms with van der Waals surface area (Å²) in [7, 11) is 7.23. The molecule has 1 aromatic carbocycles. The molecule has 1 unspecified atom stereocenters. The topological polar surface area (TPSA) is 48.3 Å². The zero-order valence-corrected chi connectivity index (χ0v) is 13.3. The molecule has 0 bridgehead atoms. The molecule has 0 radical (unpaired) electrons. The normalized spacial score (nSPS) is 12.2. The van der Waals surface area contributed by atoms with Crippen molar-refractivity contribution in [3.63, 3.8) is 0 Å². The Hall–Kier alpha value is -2.01. The van der Waals surface area contributed by atoms with Gasteiger partial charge in [0.2, 0.25) is 0 Å². The van der Waals surface area contributed by atoms with Gasteiger partial charge < -0.3 is 14.8 Å². The maximum atomic E-state index is 5.52. The Morgan fingerprint density at radius 3 is 2.52 bits per heavy atom. The Morgan fingerprint density at radius 2 is 2.00 bits per heavy atom. The van der Waals surface area contributed by atoms with Crippen LogP contribution in [0.5, 0.6) is 11.5 Å². The minimum Gasteiger partial charge on any atom is -0.497 e. The highest BCUT2D eigenvalue weighted by atomic mass is 16.5. The zero-order valence-electron chi connectivity index (χ0n) is 13.3.